The van der Waals surface area contributed by atoms with E-state index in [0.29, 0.717) is 0 Å². The van der Waals surface area contributed by atoms with Crippen LogP contribution >= 0.6 is 0 Å². The van der Waals surface area contributed by atoms with Gasteiger partial charge in [-0.15, -0.1) is 0 Å². The van der Waals surface area contributed by atoms with Crippen molar-refractivity contribution in [2.75, 3.05) is 12.3 Å². The van der Waals surface area contributed by atoms with Crippen LogP contribution in [0.4, 0.5) is 14.6 Å². The van der Waals surface area contributed by atoms with Gasteiger partial charge in [-0.25, -0.2) is 23.7 Å². The number of anilines is 1. The Morgan fingerprint density at radius 2 is 2.09 bits per heavy atom. The van der Waals surface area contributed by atoms with Crippen molar-refractivity contribution in [3.8, 4) is 0 Å². The van der Waals surface area contributed by atoms with Crippen LogP contribution in [0.2, 0.25) is 0 Å². The second kappa shape index (κ2) is 5.05. The van der Waals surface area contributed by atoms with E-state index in [4.69, 9.17) is 10.5 Å². The molecule has 2 aromatic rings. The van der Waals surface area contributed by atoms with Gasteiger partial charge in [-0.1, -0.05) is 0 Å². The normalized spacial score (nSPS) is 32.2. The molecule has 9 nitrogen and oxygen atoms in total. The SMILES string of the molecule is Nc1ncnc2ncn(C3OC(CO)(C(F)F)C(O)C3O)c12. The zero-order valence-corrected chi connectivity index (χ0v) is 11.0. The summed E-state index contributed by atoms with van der Waals surface area (Å²) >= 11 is 0. The molecule has 0 saturated carbocycles. The summed E-state index contributed by atoms with van der Waals surface area (Å²) in [7, 11) is 0. The first kappa shape index (κ1) is 15.0. The molecule has 0 spiro atoms. The van der Waals surface area contributed by atoms with Crippen molar-refractivity contribution in [2.45, 2.75) is 30.5 Å². The van der Waals surface area contributed by atoms with Crippen LogP contribution < -0.4 is 5.73 Å². The molecule has 0 aliphatic carbocycles. The van der Waals surface area contributed by atoms with E-state index >= 15 is 0 Å². The van der Waals surface area contributed by atoms with Gasteiger partial charge in [0, 0.05) is 0 Å². The minimum absolute atomic E-state index is 0.00587. The van der Waals surface area contributed by atoms with Gasteiger partial charge in [0.1, 0.15) is 30.4 Å². The predicted octanol–water partition coefficient (Wildman–Crippen LogP) is -1.34. The summed E-state index contributed by atoms with van der Waals surface area (Å²) in [4.78, 5) is 11.5. The predicted molar refractivity (Wildman–Crippen MR) is 67.7 cm³/mol. The number of imidazole rings is 1. The quantitative estimate of drug-likeness (QED) is 0.545. The number of halogens is 2. The summed E-state index contributed by atoms with van der Waals surface area (Å²) in [6, 6.07) is 0. The van der Waals surface area contributed by atoms with Gasteiger partial charge in [0.25, 0.3) is 6.43 Å². The lowest BCUT2D eigenvalue weighted by Gasteiger charge is -2.28. The smallest absolute Gasteiger partial charge is 0.272 e. The third kappa shape index (κ3) is 1.86. The first-order valence-corrected chi connectivity index (χ1v) is 6.28. The van der Waals surface area contributed by atoms with Gasteiger partial charge in [-0.05, 0) is 0 Å². The first-order valence-electron chi connectivity index (χ1n) is 6.28. The molecule has 3 heterocycles. The summed E-state index contributed by atoms with van der Waals surface area (Å²) in [6.45, 7) is -1.17. The Morgan fingerprint density at radius 1 is 1.36 bits per heavy atom. The molecule has 1 aliphatic rings. The third-order valence-corrected chi connectivity index (χ3v) is 3.74. The van der Waals surface area contributed by atoms with Crippen LogP contribution in [-0.4, -0.2) is 65.7 Å². The molecule has 0 bridgehead atoms. The van der Waals surface area contributed by atoms with Gasteiger partial charge in [-0.2, -0.15) is 0 Å². The lowest BCUT2D eigenvalue weighted by Crippen LogP contribution is -2.52. The summed E-state index contributed by atoms with van der Waals surface area (Å²) in [5, 5.41) is 29.1. The number of nitrogen functional groups attached to an aromatic ring is 1. The molecule has 1 fully saturated rings. The van der Waals surface area contributed by atoms with Gasteiger partial charge < -0.3 is 25.8 Å². The highest BCUT2D eigenvalue weighted by Crippen LogP contribution is 2.41. The number of nitrogens with two attached hydrogens (primary N) is 1. The van der Waals surface area contributed by atoms with Gasteiger partial charge in [-0.3, -0.25) is 4.57 Å². The highest BCUT2D eigenvalue weighted by molar-refractivity contribution is 5.81. The largest absolute Gasteiger partial charge is 0.393 e. The molecule has 3 rings (SSSR count). The Balaban J connectivity index is 2.08. The van der Waals surface area contributed by atoms with E-state index in [1.54, 1.807) is 0 Å². The summed E-state index contributed by atoms with van der Waals surface area (Å²) in [6.07, 6.45) is -6.00. The van der Waals surface area contributed by atoms with Gasteiger partial charge in [0.15, 0.2) is 23.3 Å². The topological polar surface area (TPSA) is 140 Å². The molecule has 2 aromatic heterocycles. The summed E-state index contributed by atoms with van der Waals surface area (Å²) in [5.41, 5.74) is 3.45. The van der Waals surface area contributed by atoms with Crippen LogP contribution in [-0.2, 0) is 4.74 Å². The standard InChI is InChI=1S/C11H13F2N5O4/c12-10(13)11(1-19)6(21)5(20)9(22-11)18-3-17-8-4(18)7(14)15-2-16-8/h2-3,5-6,9-10,19-21H,1H2,(H2,14,15,16). The molecule has 0 aromatic carbocycles. The second-order valence-electron chi connectivity index (χ2n) is 4.94. The molecule has 5 N–H and O–H groups in total. The van der Waals surface area contributed by atoms with Crippen LogP contribution in [0.15, 0.2) is 12.7 Å². The maximum absolute atomic E-state index is 13.2. The number of ether oxygens (including phenoxy) is 1. The summed E-state index contributed by atoms with van der Waals surface area (Å²) in [5.74, 6) is 0.00587. The van der Waals surface area contributed by atoms with E-state index in [-0.39, 0.29) is 17.0 Å². The summed E-state index contributed by atoms with van der Waals surface area (Å²) < 4.78 is 32.6. The van der Waals surface area contributed by atoms with Gasteiger partial charge in [0.2, 0.25) is 0 Å². The Hall–Kier alpha value is -1.95. The molecule has 0 radical (unpaired) electrons. The number of alkyl halides is 2. The van der Waals surface area contributed by atoms with Crippen molar-refractivity contribution in [1.29, 1.82) is 0 Å². The van der Waals surface area contributed by atoms with Crippen LogP contribution in [0, 0.1) is 0 Å². The number of nitrogens with zero attached hydrogens (tertiary/aromatic N) is 4. The Kier molecular flexibility index (Phi) is 3.44. The van der Waals surface area contributed by atoms with Crippen LogP contribution in [0.1, 0.15) is 6.23 Å². The van der Waals surface area contributed by atoms with Crippen LogP contribution in [0.3, 0.4) is 0 Å². The third-order valence-electron chi connectivity index (χ3n) is 3.74. The number of aliphatic hydroxyl groups excluding tert-OH is 3. The van der Waals surface area contributed by atoms with E-state index in [1.807, 2.05) is 0 Å². The molecule has 0 amide bonds. The van der Waals surface area contributed by atoms with Crippen molar-refractivity contribution in [3.63, 3.8) is 0 Å². The fourth-order valence-electron chi connectivity index (χ4n) is 2.50. The van der Waals surface area contributed by atoms with Crippen LogP contribution in [0.25, 0.3) is 11.2 Å². The molecule has 4 atom stereocenters. The minimum Gasteiger partial charge on any atom is -0.393 e. The molecule has 11 heteroatoms. The molecular formula is C11H13F2N5O4. The maximum Gasteiger partial charge on any atom is 0.272 e. The average Bonchev–Trinajstić information content (AvgIpc) is 3.02. The number of hydrogen-bond donors (Lipinski definition) is 4. The van der Waals surface area contributed by atoms with Crippen LogP contribution in [0.5, 0.6) is 0 Å². The van der Waals surface area contributed by atoms with Crippen molar-refractivity contribution < 1.29 is 28.8 Å². The second-order valence-corrected chi connectivity index (χ2v) is 4.94. The zero-order chi connectivity index (χ0) is 16.1. The average molecular weight is 317 g/mol. The zero-order valence-electron chi connectivity index (χ0n) is 11.0. The number of fused-ring (bicyclic) bond motifs is 1. The fraction of sp³-hybridized carbons (Fsp3) is 0.545. The molecule has 1 aliphatic heterocycles. The monoisotopic (exact) mass is 317 g/mol. The van der Waals surface area contributed by atoms with E-state index < -0.39 is 37.1 Å². The number of hydrogen-bond acceptors (Lipinski definition) is 8. The Labute approximate surface area is 122 Å². The lowest BCUT2D eigenvalue weighted by atomic mass is 9.96. The van der Waals surface area contributed by atoms with Crippen molar-refractivity contribution in [1.82, 2.24) is 19.5 Å². The maximum atomic E-state index is 13.2. The number of aliphatic hydroxyl groups is 3. The molecule has 1 saturated heterocycles. The van der Waals surface area contributed by atoms with Gasteiger partial charge >= 0.3 is 0 Å². The van der Waals surface area contributed by atoms with Gasteiger partial charge in [0.05, 0.1) is 6.61 Å². The fourth-order valence-corrected chi connectivity index (χ4v) is 2.50. The minimum atomic E-state index is -3.21. The molecule has 22 heavy (non-hydrogen) atoms. The van der Waals surface area contributed by atoms with E-state index in [0.717, 1.165) is 4.57 Å². The number of rotatable bonds is 3. The van der Waals surface area contributed by atoms with E-state index in [9.17, 15) is 24.1 Å². The van der Waals surface area contributed by atoms with E-state index in [2.05, 4.69) is 15.0 Å². The molecule has 120 valence electrons. The van der Waals surface area contributed by atoms with Crippen molar-refractivity contribution in [3.05, 3.63) is 12.7 Å². The first-order chi connectivity index (χ1) is 10.4. The van der Waals surface area contributed by atoms with E-state index in [1.165, 1.54) is 12.7 Å². The Morgan fingerprint density at radius 3 is 2.68 bits per heavy atom. The highest BCUT2D eigenvalue weighted by Gasteiger charge is 2.60. The molecular weight excluding hydrogens is 304 g/mol. The highest BCUT2D eigenvalue weighted by atomic mass is 19.3. The molecule has 4 unspecified atom stereocenters. The number of aromatic nitrogens is 4. The lowest BCUT2D eigenvalue weighted by molar-refractivity contribution is -0.194. The van der Waals surface area contributed by atoms with Crippen molar-refractivity contribution in [2.24, 2.45) is 0 Å². The van der Waals surface area contributed by atoms with Crippen molar-refractivity contribution >= 4 is 17.0 Å². The Bertz CT molecular complexity index is 698.